The lowest BCUT2D eigenvalue weighted by molar-refractivity contribution is -0.121. The highest BCUT2D eigenvalue weighted by molar-refractivity contribution is 7.92. The van der Waals surface area contributed by atoms with E-state index in [1.54, 1.807) is 33.3 Å². The fourth-order valence-electron chi connectivity index (χ4n) is 3.19. The molecule has 7 nitrogen and oxygen atoms in total. The van der Waals surface area contributed by atoms with Crippen molar-refractivity contribution < 1.29 is 22.7 Å². The monoisotopic (exact) mass is 434 g/mol. The molecule has 2 aromatic rings. The number of nitrogens with one attached hydrogen (secondary N) is 1. The summed E-state index contributed by atoms with van der Waals surface area (Å²) in [5, 5.41) is 2.83. The van der Waals surface area contributed by atoms with Crippen LogP contribution in [0.2, 0.25) is 0 Å². The molecule has 0 saturated carbocycles. The van der Waals surface area contributed by atoms with E-state index in [1.165, 1.54) is 0 Å². The minimum Gasteiger partial charge on any atom is -0.493 e. The Kier molecular flexibility index (Phi) is 7.72. The molecule has 0 saturated heterocycles. The largest absolute Gasteiger partial charge is 0.493 e. The van der Waals surface area contributed by atoms with Gasteiger partial charge in [-0.2, -0.15) is 0 Å². The number of methoxy groups -OCH3 is 2. The van der Waals surface area contributed by atoms with Gasteiger partial charge in [-0.3, -0.25) is 9.10 Å². The van der Waals surface area contributed by atoms with Crippen molar-refractivity contribution in [2.45, 2.75) is 33.2 Å². The third-order valence-corrected chi connectivity index (χ3v) is 6.24. The van der Waals surface area contributed by atoms with Gasteiger partial charge in [-0.25, -0.2) is 8.42 Å². The molecule has 2 rings (SSSR count). The number of rotatable bonds is 9. The number of hydrogen-bond donors (Lipinski definition) is 1. The van der Waals surface area contributed by atoms with Crippen molar-refractivity contribution in [3.63, 3.8) is 0 Å². The third-order valence-electron chi connectivity index (χ3n) is 4.99. The van der Waals surface area contributed by atoms with Crippen molar-refractivity contribution in [1.82, 2.24) is 5.32 Å². The number of nitrogens with zero attached hydrogens (tertiary/aromatic N) is 1. The Hall–Kier alpha value is -2.74. The van der Waals surface area contributed by atoms with E-state index in [-0.39, 0.29) is 5.91 Å². The van der Waals surface area contributed by atoms with E-state index < -0.39 is 16.1 Å². The molecule has 0 heterocycles. The highest BCUT2D eigenvalue weighted by Gasteiger charge is 2.29. The SMILES string of the molecule is COc1ccc(CCNC(=O)[C@@H](C)N(c2ccc(C)c(C)c2)S(C)(=O)=O)cc1OC. The standard InChI is InChI=1S/C22H30N2O5S/c1-15-7-9-19(13-16(15)2)24(30(6,26)27)17(3)22(25)23-12-11-18-8-10-20(28-4)21(14-18)29-5/h7-10,13-14,17H,11-12H2,1-6H3,(H,23,25)/t17-/m1/s1. The van der Waals surface area contributed by atoms with Crippen molar-refractivity contribution in [2.24, 2.45) is 0 Å². The number of benzene rings is 2. The number of anilines is 1. The first-order valence-electron chi connectivity index (χ1n) is 9.63. The average molecular weight is 435 g/mol. The van der Waals surface area contributed by atoms with Crippen molar-refractivity contribution in [1.29, 1.82) is 0 Å². The normalized spacial score (nSPS) is 12.2. The molecule has 0 bridgehead atoms. The van der Waals surface area contributed by atoms with Crippen molar-refractivity contribution in [2.75, 3.05) is 31.3 Å². The van der Waals surface area contributed by atoms with E-state index in [1.807, 2.05) is 38.1 Å². The van der Waals surface area contributed by atoms with Crippen LogP contribution >= 0.6 is 0 Å². The zero-order chi connectivity index (χ0) is 22.5. The Morgan fingerprint density at radius 3 is 2.27 bits per heavy atom. The fourth-order valence-corrected chi connectivity index (χ4v) is 4.35. The average Bonchev–Trinajstić information content (AvgIpc) is 2.69. The Morgan fingerprint density at radius 2 is 1.70 bits per heavy atom. The maximum atomic E-state index is 12.7. The number of hydrogen-bond acceptors (Lipinski definition) is 5. The van der Waals surface area contributed by atoms with Gasteiger partial charge in [-0.05, 0) is 68.1 Å². The summed E-state index contributed by atoms with van der Waals surface area (Å²) in [6, 6.07) is 10.0. The predicted octanol–water partition coefficient (Wildman–Crippen LogP) is 2.83. The fraction of sp³-hybridized carbons (Fsp3) is 0.409. The van der Waals surface area contributed by atoms with E-state index in [9.17, 15) is 13.2 Å². The quantitative estimate of drug-likeness (QED) is 0.656. The molecule has 1 amide bonds. The predicted molar refractivity (Wildman–Crippen MR) is 119 cm³/mol. The molecule has 0 radical (unpaired) electrons. The molecule has 0 aliphatic heterocycles. The van der Waals surface area contributed by atoms with Gasteiger partial charge in [0.15, 0.2) is 11.5 Å². The van der Waals surface area contributed by atoms with Gasteiger partial charge in [0.1, 0.15) is 6.04 Å². The van der Waals surface area contributed by atoms with E-state index in [4.69, 9.17) is 9.47 Å². The van der Waals surface area contributed by atoms with Gasteiger partial charge in [0, 0.05) is 6.54 Å². The van der Waals surface area contributed by atoms with Crippen LogP contribution in [0.5, 0.6) is 11.5 Å². The van der Waals surface area contributed by atoms with Crippen LogP contribution in [0.1, 0.15) is 23.6 Å². The summed E-state index contributed by atoms with van der Waals surface area (Å²) in [6.45, 7) is 5.81. The molecule has 0 fully saturated rings. The van der Waals surface area contributed by atoms with Crippen LogP contribution in [0.4, 0.5) is 5.69 Å². The van der Waals surface area contributed by atoms with Crippen LogP contribution in [0.3, 0.4) is 0 Å². The van der Waals surface area contributed by atoms with Gasteiger partial charge in [-0.1, -0.05) is 12.1 Å². The maximum absolute atomic E-state index is 12.7. The second kappa shape index (κ2) is 9.84. The number of sulfonamides is 1. The van der Waals surface area contributed by atoms with E-state index in [0.29, 0.717) is 30.2 Å². The molecule has 164 valence electrons. The number of carbonyl (C=O) groups excluding carboxylic acids is 1. The molecule has 1 atom stereocenters. The molecular formula is C22H30N2O5S. The van der Waals surface area contributed by atoms with Gasteiger partial charge < -0.3 is 14.8 Å². The highest BCUT2D eigenvalue weighted by atomic mass is 32.2. The van der Waals surface area contributed by atoms with Gasteiger partial charge in [0.2, 0.25) is 15.9 Å². The smallest absolute Gasteiger partial charge is 0.243 e. The van der Waals surface area contributed by atoms with Gasteiger partial charge in [-0.15, -0.1) is 0 Å². The lowest BCUT2D eigenvalue weighted by Crippen LogP contribution is -2.48. The lowest BCUT2D eigenvalue weighted by atomic mass is 10.1. The summed E-state index contributed by atoms with van der Waals surface area (Å²) in [4.78, 5) is 12.7. The Morgan fingerprint density at radius 1 is 1.03 bits per heavy atom. The summed E-state index contributed by atoms with van der Waals surface area (Å²) in [5.41, 5.74) is 3.46. The third kappa shape index (κ3) is 5.66. The van der Waals surface area contributed by atoms with Gasteiger partial charge in [0.25, 0.3) is 0 Å². The molecule has 0 unspecified atom stereocenters. The number of ether oxygens (including phenoxy) is 2. The highest BCUT2D eigenvalue weighted by Crippen LogP contribution is 2.27. The molecule has 30 heavy (non-hydrogen) atoms. The minimum absolute atomic E-state index is 0.362. The van der Waals surface area contributed by atoms with Crippen LogP contribution in [0, 0.1) is 13.8 Å². The van der Waals surface area contributed by atoms with Crippen LogP contribution in [0.15, 0.2) is 36.4 Å². The van der Waals surface area contributed by atoms with E-state index in [2.05, 4.69) is 5.32 Å². The Balaban J connectivity index is 2.10. The molecule has 1 N–H and O–H groups in total. The first-order valence-corrected chi connectivity index (χ1v) is 11.5. The van der Waals surface area contributed by atoms with Crippen LogP contribution < -0.4 is 19.1 Å². The molecular weight excluding hydrogens is 404 g/mol. The zero-order valence-corrected chi connectivity index (χ0v) is 19.2. The van der Waals surface area contributed by atoms with Gasteiger partial charge >= 0.3 is 0 Å². The van der Waals surface area contributed by atoms with Crippen molar-refractivity contribution in [3.8, 4) is 11.5 Å². The van der Waals surface area contributed by atoms with Crippen LogP contribution in [-0.4, -0.2) is 47.4 Å². The number of amides is 1. The van der Waals surface area contributed by atoms with Gasteiger partial charge in [0.05, 0.1) is 26.2 Å². The molecule has 0 aliphatic rings. The molecule has 0 spiro atoms. The Labute approximate surface area is 179 Å². The lowest BCUT2D eigenvalue weighted by Gasteiger charge is -2.28. The first-order chi connectivity index (χ1) is 14.1. The van der Waals surface area contributed by atoms with Crippen molar-refractivity contribution >= 4 is 21.6 Å². The number of aryl methyl sites for hydroxylation is 2. The Bertz CT molecular complexity index is 1000. The molecule has 0 aliphatic carbocycles. The second-order valence-corrected chi connectivity index (χ2v) is 9.09. The van der Waals surface area contributed by atoms with E-state index in [0.717, 1.165) is 27.3 Å². The summed E-state index contributed by atoms with van der Waals surface area (Å²) in [7, 11) is -0.505. The summed E-state index contributed by atoms with van der Waals surface area (Å²) in [5.74, 6) is 0.892. The summed E-state index contributed by atoms with van der Waals surface area (Å²) in [6.07, 6.45) is 1.68. The maximum Gasteiger partial charge on any atom is 0.243 e. The second-order valence-electron chi connectivity index (χ2n) is 7.23. The number of carbonyl (C=O) groups is 1. The summed E-state index contributed by atoms with van der Waals surface area (Å²) < 4.78 is 36.5. The molecule has 8 heteroatoms. The topological polar surface area (TPSA) is 84.9 Å². The molecule has 2 aromatic carbocycles. The van der Waals surface area contributed by atoms with Crippen molar-refractivity contribution in [3.05, 3.63) is 53.1 Å². The minimum atomic E-state index is -3.64. The first kappa shape index (κ1) is 23.5. The van der Waals surface area contributed by atoms with Crippen LogP contribution in [-0.2, 0) is 21.2 Å². The zero-order valence-electron chi connectivity index (χ0n) is 18.4. The van der Waals surface area contributed by atoms with Crippen LogP contribution in [0.25, 0.3) is 0 Å². The molecule has 0 aromatic heterocycles. The van der Waals surface area contributed by atoms with E-state index >= 15 is 0 Å². The summed E-state index contributed by atoms with van der Waals surface area (Å²) >= 11 is 0.